The van der Waals surface area contributed by atoms with Gasteiger partial charge >= 0.3 is 0 Å². The van der Waals surface area contributed by atoms with Crippen molar-refractivity contribution < 1.29 is 14.3 Å². The predicted octanol–water partition coefficient (Wildman–Crippen LogP) is 3.40. The second-order valence-corrected chi connectivity index (χ2v) is 4.89. The van der Waals surface area contributed by atoms with E-state index in [1.165, 1.54) is 6.07 Å². The maximum absolute atomic E-state index is 12.2. The molecule has 0 aliphatic heterocycles. The molecule has 0 saturated carbocycles. The number of nitrogens with zero attached hydrogens (tertiary/aromatic N) is 1. The number of aromatic nitrogens is 1. The standard InChI is InChI=1S/C16H14N2O3/c1-9-3-6-14(19)12(7-9)16(20)18-11-4-5-13-15(8-11)21-10(2)17-13/h3-8,19H,1-2H3,(H,18,20). The van der Waals surface area contributed by atoms with Crippen LogP contribution < -0.4 is 5.32 Å². The van der Waals surface area contributed by atoms with Gasteiger partial charge in [-0.2, -0.15) is 0 Å². The third-order valence-corrected chi connectivity index (χ3v) is 3.15. The van der Waals surface area contributed by atoms with E-state index in [4.69, 9.17) is 4.42 Å². The first-order chi connectivity index (χ1) is 10.0. The molecule has 21 heavy (non-hydrogen) atoms. The number of hydrogen-bond donors (Lipinski definition) is 2. The van der Waals surface area contributed by atoms with E-state index in [9.17, 15) is 9.90 Å². The largest absolute Gasteiger partial charge is 0.507 e. The Hall–Kier alpha value is -2.82. The number of phenolic OH excluding ortho intramolecular Hbond substituents is 1. The van der Waals surface area contributed by atoms with E-state index in [1.54, 1.807) is 37.3 Å². The molecule has 5 heteroatoms. The van der Waals surface area contributed by atoms with Crippen LogP contribution in [0.2, 0.25) is 0 Å². The Labute approximate surface area is 121 Å². The molecular formula is C16H14N2O3. The summed E-state index contributed by atoms with van der Waals surface area (Å²) in [5, 5.41) is 12.5. The van der Waals surface area contributed by atoms with Gasteiger partial charge in [0, 0.05) is 18.7 Å². The number of rotatable bonds is 2. The second kappa shape index (κ2) is 4.94. The third kappa shape index (κ3) is 2.58. The van der Waals surface area contributed by atoms with Gasteiger partial charge in [-0.1, -0.05) is 11.6 Å². The van der Waals surface area contributed by atoms with E-state index >= 15 is 0 Å². The first-order valence-corrected chi connectivity index (χ1v) is 6.51. The van der Waals surface area contributed by atoms with E-state index in [1.807, 2.05) is 6.92 Å². The van der Waals surface area contributed by atoms with Crippen molar-refractivity contribution in [2.75, 3.05) is 5.32 Å². The van der Waals surface area contributed by atoms with Gasteiger partial charge in [-0.25, -0.2) is 4.98 Å². The van der Waals surface area contributed by atoms with Gasteiger partial charge in [-0.15, -0.1) is 0 Å². The fraction of sp³-hybridized carbons (Fsp3) is 0.125. The zero-order chi connectivity index (χ0) is 15.0. The summed E-state index contributed by atoms with van der Waals surface area (Å²) < 4.78 is 5.43. The third-order valence-electron chi connectivity index (χ3n) is 3.15. The maximum atomic E-state index is 12.2. The van der Waals surface area contributed by atoms with Gasteiger partial charge in [-0.05, 0) is 31.2 Å². The summed E-state index contributed by atoms with van der Waals surface area (Å²) in [5.41, 5.74) is 3.08. The van der Waals surface area contributed by atoms with E-state index in [2.05, 4.69) is 10.3 Å². The van der Waals surface area contributed by atoms with Crippen molar-refractivity contribution in [3.63, 3.8) is 0 Å². The summed E-state index contributed by atoms with van der Waals surface area (Å²) in [5.74, 6) is 0.159. The molecule has 0 bridgehead atoms. The number of phenols is 1. The quantitative estimate of drug-likeness (QED) is 0.755. The number of oxazole rings is 1. The molecule has 5 nitrogen and oxygen atoms in total. The first kappa shape index (κ1) is 13.2. The number of nitrogens with one attached hydrogen (secondary N) is 1. The normalized spacial score (nSPS) is 10.8. The molecule has 0 unspecified atom stereocenters. The lowest BCUT2D eigenvalue weighted by Crippen LogP contribution is -2.12. The lowest BCUT2D eigenvalue weighted by Gasteiger charge is -2.07. The smallest absolute Gasteiger partial charge is 0.259 e. The highest BCUT2D eigenvalue weighted by molar-refractivity contribution is 6.06. The minimum Gasteiger partial charge on any atom is -0.507 e. The number of anilines is 1. The number of carbonyl (C=O) groups is 1. The number of amides is 1. The molecular weight excluding hydrogens is 268 g/mol. The molecule has 0 fully saturated rings. The highest BCUT2D eigenvalue weighted by Crippen LogP contribution is 2.23. The molecule has 0 aliphatic rings. The molecule has 0 radical (unpaired) electrons. The van der Waals surface area contributed by atoms with Gasteiger partial charge in [0.1, 0.15) is 11.3 Å². The van der Waals surface area contributed by atoms with E-state index < -0.39 is 0 Å². The molecule has 106 valence electrons. The van der Waals surface area contributed by atoms with Crippen molar-refractivity contribution in [3.8, 4) is 5.75 Å². The minimum absolute atomic E-state index is 0.0466. The van der Waals surface area contributed by atoms with E-state index in [-0.39, 0.29) is 17.2 Å². The monoisotopic (exact) mass is 282 g/mol. The highest BCUT2D eigenvalue weighted by atomic mass is 16.3. The van der Waals surface area contributed by atoms with Crippen LogP contribution in [0.15, 0.2) is 40.8 Å². The van der Waals surface area contributed by atoms with Gasteiger partial charge in [0.25, 0.3) is 5.91 Å². The Morgan fingerprint density at radius 1 is 1.19 bits per heavy atom. The van der Waals surface area contributed by atoms with Crippen molar-refractivity contribution in [2.45, 2.75) is 13.8 Å². The summed E-state index contributed by atoms with van der Waals surface area (Å²) in [6, 6.07) is 10.1. The van der Waals surface area contributed by atoms with Crippen molar-refractivity contribution in [1.29, 1.82) is 0 Å². The summed E-state index contributed by atoms with van der Waals surface area (Å²) >= 11 is 0. The number of benzene rings is 2. The molecule has 1 aromatic heterocycles. The molecule has 0 atom stereocenters. The minimum atomic E-state index is -0.369. The molecule has 1 amide bonds. The highest BCUT2D eigenvalue weighted by Gasteiger charge is 2.12. The summed E-state index contributed by atoms with van der Waals surface area (Å²) in [7, 11) is 0. The summed E-state index contributed by atoms with van der Waals surface area (Å²) in [4.78, 5) is 16.4. The van der Waals surface area contributed by atoms with Crippen LogP contribution in [0.1, 0.15) is 21.8 Å². The molecule has 0 spiro atoms. The summed E-state index contributed by atoms with van der Waals surface area (Å²) in [6.45, 7) is 3.63. The number of carbonyl (C=O) groups excluding carboxylic acids is 1. The molecule has 2 aromatic carbocycles. The van der Waals surface area contributed by atoms with E-state index in [0.717, 1.165) is 11.1 Å². The van der Waals surface area contributed by atoms with Crippen molar-refractivity contribution >= 4 is 22.7 Å². The summed E-state index contributed by atoms with van der Waals surface area (Å²) in [6.07, 6.45) is 0. The lowest BCUT2D eigenvalue weighted by molar-refractivity contribution is 0.102. The predicted molar refractivity (Wildman–Crippen MR) is 79.5 cm³/mol. The van der Waals surface area contributed by atoms with Gasteiger partial charge in [0.15, 0.2) is 11.5 Å². The van der Waals surface area contributed by atoms with Crippen molar-refractivity contribution in [2.24, 2.45) is 0 Å². The molecule has 3 rings (SSSR count). The maximum Gasteiger partial charge on any atom is 0.259 e. The van der Waals surface area contributed by atoms with Crippen LogP contribution in [-0.4, -0.2) is 16.0 Å². The Bertz CT molecular complexity index is 837. The fourth-order valence-electron chi connectivity index (χ4n) is 2.15. The number of hydrogen-bond acceptors (Lipinski definition) is 4. The first-order valence-electron chi connectivity index (χ1n) is 6.51. The number of aryl methyl sites for hydroxylation is 2. The Balaban J connectivity index is 1.90. The number of fused-ring (bicyclic) bond motifs is 1. The van der Waals surface area contributed by atoms with Crippen LogP contribution in [0.3, 0.4) is 0 Å². The van der Waals surface area contributed by atoms with E-state index in [0.29, 0.717) is 17.2 Å². The van der Waals surface area contributed by atoms with Crippen LogP contribution in [-0.2, 0) is 0 Å². The SMILES string of the molecule is Cc1ccc(O)c(C(=O)Nc2ccc3nc(C)oc3c2)c1. The fourth-order valence-corrected chi connectivity index (χ4v) is 2.15. The Kier molecular flexibility index (Phi) is 3.10. The average Bonchev–Trinajstić information content (AvgIpc) is 2.80. The zero-order valence-electron chi connectivity index (χ0n) is 11.7. The molecule has 2 N–H and O–H groups in total. The lowest BCUT2D eigenvalue weighted by atomic mass is 10.1. The van der Waals surface area contributed by atoms with Crippen LogP contribution in [0.5, 0.6) is 5.75 Å². The van der Waals surface area contributed by atoms with Gasteiger partial charge < -0.3 is 14.8 Å². The van der Waals surface area contributed by atoms with Crippen molar-refractivity contribution in [1.82, 2.24) is 4.98 Å². The van der Waals surface area contributed by atoms with Crippen LogP contribution >= 0.6 is 0 Å². The molecule has 0 aliphatic carbocycles. The number of aromatic hydroxyl groups is 1. The second-order valence-electron chi connectivity index (χ2n) is 4.89. The molecule has 0 saturated heterocycles. The molecule has 1 heterocycles. The average molecular weight is 282 g/mol. The van der Waals surface area contributed by atoms with Gasteiger partial charge in [-0.3, -0.25) is 4.79 Å². The zero-order valence-corrected chi connectivity index (χ0v) is 11.7. The van der Waals surface area contributed by atoms with Crippen LogP contribution in [0.25, 0.3) is 11.1 Å². The van der Waals surface area contributed by atoms with Crippen LogP contribution in [0.4, 0.5) is 5.69 Å². The van der Waals surface area contributed by atoms with Gasteiger partial charge in [0.05, 0.1) is 5.56 Å². The topological polar surface area (TPSA) is 75.4 Å². The van der Waals surface area contributed by atoms with Crippen molar-refractivity contribution in [3.05, 3.63) is 53.4 Å². The van der Waals surface area contributed by atoms with Gasteiger partial charge in [0.2, 0.25) is 0 Å². The molecule has 3 aromatic rings. The Morgan fingerprint density at radius 2 is 2.00 bits per heavy atom. The van der Waals surface area contributed by atoms with Crippen LogP contribution in [0, 0.1) is 13.8 Å². The Morgan fingerprint density at radius 3 is 2.81 bits per heavy atom.